The van der Waals surface area contributed by atoms with Gasteiger partial charge in [-0.25, -0.2) is 4.79 Å². The van der Waals surface area contributed by atoms with E-state index in [1.807, 2.05) is 4.90 Å². The Labute approximate surface area is 166 Å². The van der Waals surface area contributed by atoms with Crippen molar-refractivity contribution in [1.82, 2.24) is 9.80 Å². The number of anilines is 1. The molecule has 148 valence electrons. The summed E-state index contributed by atoms with van der Waals surface area (Å²) in [6.45, 7) is 8.14. The van der Waals surface area contributed by atoms with Crippen LogP contribution in [0.3, 0.4) is 0 Å². The lowest BCUT2D eigenvalue weighted by Crippen LogP contribution is -2.48. The molecule has 0 saturated carbocycles. The topological polar surface area (TPSA) is 61.9 Å². The van der Waals surface area contributed by atoms with Crippen molar-refractivity contribution in [2.45, 2.75) is 20.4 Å². The standard InChI is InChI=1S/C22H27N3O3/c1-3-28-22(27)23-20-9-5-8-19(15-20)21(26)25-12-10-24(11-13-25)16-18-7-4-6-17(2)14-18/h4-9,14-15H,3,10-13,16H2,1-2H3,(H,23,27). The maximum atomic E-state index is 12.8. The zero-order chi connectivity index (χ0) is 19.9. The number of benzene rings is 2. The number of carbonyl (C=O) groups excluding carboxylic acids is 2. The number of nitrogens with one attached hydrogen (secondary N) is 1. The van der Waals surface area contributed by atoms with Crippen LogP contribution in [-0.4, -0.2) is 54.6 Å². The number of ether oxygens (including phenoxy) is 1. The van der Waals surface area contributed by atoms with Crippen LogP contribution >= 0.6 is 0 Å². The zero-order valence-corrected chi connectivity index (χ0v) is 16.5. The van der Waals surface area contributed by atoms with Crippen molar-refractivity contribution in [3.05, 3.63) is 65.2 Å². The monoisotopic (exact) mass is 381 g/mol. The SMILES string of the molecule is CCOC(=O)Nc1cccc(C(=O)N2CCN(Cc3cccc(C)c3)CC2)c1. The van der Waals surface area contributed by atoms with Crippen molar-refractivity contribution in [2.75, 3.05) is 38.1 Å². The molecule has 0 aliphatic carbocycles. The molecule has 0 spiro atoms. The molecule has 1 N–H and O–H groups in total. The highest BCUT2D eigenvalue weighted by atomic mass is 16.5. The van der Waals surface area contributed by atoms with Gasteiger partial charge in [0.2, 0.25) is 0 Å². The second-order valence-electron chi connectivity index (χ2n) is 6.98. The van der Waals surface area contributed by atoms with Gasteiger partial charge in [0.15, 0.2) is 0 Å². The Bertz CT molecular complexity index is 829. The summed E-state index contributed by atoms with van der Waals surface area (Å²) in [6, 6.07) is 15.5. The van der Waals surface area contributed by atoms with Crippen molar-refractivity contribution in [3.8, 4) is 0 Å². The first kappa shape index (κ1) is 19.9. The summed E-state index contributed by atoms with van der Waals surface area (Å²) in [6.07, 6.45) is -0.517. The van der Waals surface area contributed by atoms with Crippen LogP contribution in [0.15, 0.2) is 48.5 Å². The third-order valence-electron chi connectivity index (χ3n) is 4.78. The number of aryl methyl sites for hydroxylation is 1. The molecule has 6 heteroatoms. The molecule has 1 heterocycles. The maximum Gasteiger partial charge on any atom is 0.411 e. The first-order valence-corrected chi connectivity index (χ1v) is 9.66. The molecule has 1 aliphatic rings. The fourth-order valence-electron chi connectivity index (χ4n) is 3.38. The molecular weight excluding hydrogens is 354 g/mol. The number of hydrogen-bond acceptors (Lipinski definition) is 4. The van der Waals surface area contributed by atoms with Gasteiger partial charge in [-0.1, -0.05) is 35.9 Å². The average Bonchev–Trinajstić information content (AvgIpc) is 2.68. The van der Waals surface area contributed by atoms with Gasteiger partial charge in [-0.05, 0) is 37.6 Å². The minimum absolute atomic E-state index is 0.0114. The van der Waals surface area contributed by atoms with E-state index in [1.54, 1.807) is 31.2 Å². The van der Waals surface area contributed by atoms with E-state index in [-0.39, 0.29) is 5.91 Å². The van der Waals surface area contributed by atoms with Gasteiger partial charge in [-0.3, -0.25) is 15.0 Å². The molecule has 3 rings (SSSR count). The lowest BCUT2D eigenvalue weighted by atomic mass is 10.1. The van der Waals surface area contributed by atoms with Crippen LogP contribution in [0, 0.1) is 6.92 Å². The molecule has 0 radical (unpaired) electrons. The van der Waals surface area contributed by atoms with Gasteiger partial charge in [0.05, 0.1) is 6.61 Å². The Morgan fingerprint density at radius 1 is 1.04 bits per heavy atom. The third-order valence-corrected chi connectivity index (χ3v) is 4.78. The molecular formula is C22H27N3O3. The quantitative estimate of drug-likeness (QED) is 0.861. The van der Waals surface area contributed by atoms with Gasteiger partial charge in [0, 0.05) is 44.0 Å². The van der Waals surface area contributed by atoms with Crippen LogP contribution < -0.4 is 5.32 Å². The molecule has 1 saturated heterocycles. The lowest BCUT2D eigenvalue weighted by molar-refractivity contribution is 0.0628. The zero-order valence-electron chi connectivity index (χ0n) is 16.5. The minimum Gasteiger partial charge on any atom is -0.450 e. The van der Waals surface area contributed by atoms with Crippen LogP contribution in [0.4, 0.5) is 10.5 Å². The van der Waals surface area contributed by atoms with E-state index in [2.05, 4.69) is 41.4 Å². The van der Waals surface area contributed by atoms with Crippen molar-refractivity contribution < 1.29 is 14.3 Å². The summed E-state index contributed by atoms with van der Waals surface area (Å²) in [5, 5.41) is 2.64. The fraction of sp³-hybridized carbons (Fsp3) is 0.364. The molecule has 2 aromatic carbocycles. The number of nitrogens with zero attached hydrogens (tertiary/aromatic N) is 2. The first-order valence-electron chi connectivity index (χ1n) is 9.66. The highest BCUT2D eigenvalue weighted by Gasteiger charge is 2.22. The Kier molecular flexibility index (Phi) is 6.66. The van der Waals surface area contributed by atoms with Crippen LogP contribution in [0.5, 0.6) is 0 Å². The highest BCUT2D eigenvalue weighted by molar-refractivity contribution is 5.96. The Morgan fingerprint density at radius 3 is 2.50 bits per heavy atom. The Morgan fingerprint density at radius 2 is 1.79 bits per heavy atom. The highest BCUT2D eigenvalue weighted by Crippen LogP contribution is 2.16. The van der Waals surface area contributed by atoms with Gasteiger partial charge in [-0.2, -0.15) is 0 Å². The summed E-state index contributed by atoms with van der Waals surface area (Å²) in [5.41, 5.74) is 3.70. The predicted molar refractivity (Wildman–Crippen MR) is 109 cm³/mol. The van der Waals surface area contributed by atoms with E-state index in [1.165, 1.54) is 11.1 Å². The predicted octanol–water partition coefficient (Wildman–Crippen LogP) is 3.52. The summed E-state index contributed by atoms with van der Waals surface area (Å²) in [7, 11) is 0. The van der Waals surface area contributed by atoms with E-state index in [4.69, 9.17) is 4.74 Å². The summed E-state index contributed by atoms with van der Waals surface area (Å²) >= 11 is 0. The molecule has 0 atom stereocenters. The molecule has 28 heavy (non-hydrogen) atoms. The number of piperazine rings is 1. The minimum atomic E-state index is -0.517. The summed E-state index contributed by atoms with van der Waals surface area (Å²) in [5.74, 6) is -0.0114. The smallest absolute Gasteiger partial charge is 0.411 e. The van der Waals surface area contributed by atoms with Gasteiger partial charge in [0.1, 0.15) is 0 Å². The molecule has 2 amide bonds. The van der Waals surface area contributed by atoms with Crippen molar-refractivity contribution in [3.63, 3.8) is 0 Å². The van der Waals surface area contributed by atoms with Crippen LogP contribution in [0.2, 0.25) is 0 Å². The second-order valence-corrected chi connectivity index (χ2v) is 6.98. The number of hydrogen-bond donors (Lipinski definition) is 1. The molecule has 1 aliphatic heterocycles. The maximum absolute atomic E-state index is 12.8. The fourth-order valence-corrected chi connectivity index (χ4v) is 3.38. The van der Waals surface area contributed by atoms with E-state index in [0.29, 0.717) is 30.9 Å². The number of carbonyl (C=O) groups is 2. The van der Waals surface area contributed by atoms with E-state index in [9.17, 15) is 9.59 Å². The van der Waals surface area contributed by atoms with Crippen LogP contribution in [0.1, 0.15) is 28.4 Å². The van der Waals surface area contributed by atoms with Gasteiger partial charge < -0.3 is 9.64 Å². The van der Waals surface area contributed by atoms with Crippen LogP contribution in [0.25, 0.3) is 0 Å². The van der Waals surface area contributed by atoms with Crippen molar-refractivity contribution in [1.29, 1.82) is 0 Å². The van der Waals surface area contributed by atoms with E-state index in [0.717, 1.165) is 19.6 Å². The largest absolute Gasteiger partial charge is 0.450 e. The summed E-state index contributed by atoms with van der Waals surface area (Å²) in [4.78, 5) is 28.6. The van der Waals surface area contributed by atoms with Gasteiger partial charge in [-0.15, -0.1) is 0 Å². The van der Waals surface area contributed by atoms with Crippen LogP contribution in [-0.2, 0) is 11.3 Å². The van der Waals surface area contributed by atoms with Crippen molar-refractivity contribution >= 4 is 17.7 Å². The first-order chi connectivity index (χ1) is 13.5. The molecule has 6 nitrogen and oxygen atoms in total. The molecule has 0 aromatic heterocycles. The Hall–Kier alpha value is -2.86. The molecule has 0 unspecified atom stereocenters. The third kappa shape index (κ3) is 5.33. The molecule has 1 fully saturated rings. The molecule has 0 bridgehead atoms. The van der Waals surface area contributed by atoms with E-state index >= 15 is 0 Å². The molecule has 2 aromatic rings. The Balaban J connectivity index is 1.55. The van der Waals surface area contributed by atoms with Gasteiger partial charge >= 0.3 is 6.09 Å². The average molecular weight is 381 g/mol. The van der Waals surface area contributed by atoms with Gasteiger partial charge in [0.25, 0.3) is 5.91 Å². The number of rotatable bonds is 5. The normalized spacial score (nSPS) is 14.6. The lowest BCUT2D eigenvalue weighted by Gasteiger charge is -2.35. The number of amides is 2. The van der Waals surface area contributed by atoms with Crippen molar-refractivity contribution in [2.24, 2.45) is 0 Å². The summed E-state index contributed by atoms with van der Waals surface area (Å²) < 4.78 is 4.88. The second kappa shape index (κ2) is 9.37. The van der Waals surface area contributed by atoms with E-state index < -0.39 is 6.09 Å².